The number of hydrogen-bond acceptors (Lipinski definition) is 6. The second-order valence-electron chi connectivity index (χ2n) is 8.75. The average molecular weight is 528 g/mol. The molecule has 2 N–H and O–H groups in total. The predicted molar refractivity (Wildman–Crippen MR) is 131 cm³/mol. The van der Waals surface area contributed by atoms with E-state index in [9.17, 15) is 28.0 Å². The molecule has 0 spiro atoms. The maximum atomic E-state index is 13.7. The van der Waals surface area contributed by atoms with Gasteiger partial charge in [-0.2, -0.15) is 23.5 Å². The van der Waals surface area contributed by atoms with Crippen LogP contribution in [-0.2, 0) is 17.7 Å². The Morgan fingerprint density at radius 2 is 1.95 bits per heavy atom. The predicted octanol–water partition coefficient (Wildman–Crippen LogP) is 3.70. The molecule has 2 aromatic carbocycles. The van der Waals surface area contributed by atoms with E-state index in [1.807, 2.05) is 13.0 Å². The number of amides is 2. The van der Waals surface area contributed by atoms with Crippen molar-refractivity contribution in [2.24, 2.45) is 5.73 Å². The minimum absolute atomic E-state index is 0.0320. The van der Waals surface area contributed by atoms with Crippen molar-refractivity contribution < 1.29 is 32.2 Å². The Kier molecular flexibility index (Phi) is 7.41. The van der Waals surface area contributed by atoms with E-state index in [4.69, 9.17) is 10.5 Å². The molecule has 1 aromatic heterocycles. The van der Waals surface area contributed by atoms with Gasteiger partial charge in [0, 0.05) is 11.3 Å². The number of benzene rings is 2. The Morgan fingerprint density at radius 1 is 1.24 bits per heavy atom. The molecule has 0 unspecified atom stereocenters. The lowest BCUT2D eigenvalue weighted by Crippen LogP contribution is -2.47. The van der Waals surface area contributed by atoms with E-state index < -0.39 is 24.6 Å². The van der Waals surface area contributed by atoms with Gasteiger partial charge < -0.3 is 20.1 Å². The fourth-order valence-corrected chi connectivity index (χ4v) is 4.41. The van der Waals surface area contributed by atoms with Gasteiger partial charge in [-0.3, -0.25) is 14.3 Å². The Hall–Kier alpha value is -4.37. The molecule has 0 fully saturated rings. The summed E-state index contributed by atoms with van der Waals surface area (Å²) >= 11 is 0. The maximum Gasteiger partial charge on any atom is 0.411 e. The van der Waals surface area contributed by atoms with Crippen molar-refractivity contribution in [1.29, 1.82) is 5.26 Å². The SMILES string of the molecule is COc1ccc(-c2nn3c(c2C(N)=O)C(=O)N(c2ccc(CCOCC(F)(F)F)cc2)[C@@H](C)C3)cc1C#N. The summed E-state index contributed by atoms with van der Waals surface area (Å²) in [6, 6.07) is 13.2. The van der Waals surface area contributed by atoms with Gasteiger partial charge in [-0.1, -0.05) is 12.1 Å². The highest BCUT2D eigenvalue weighted by Crippen LogP contribution is 2.34. The van der Waals surface area contributed by atoms with Crippen molar-refractivity contribution in [3.8, 4) is 23.1 Å². The first-order valence-corrected chi connectivity index (χ1v) is 11.6. The van der Waals surface area contributed by atoms with Gasteiger partial charge in [-0.25, -0.2) is 0 Å². The third-order valence-corrected chi connectivity index (χ3v) is 6.11. The average Bonchev–Trinajstić information content (AvgIpc) is 3.26. The van der Waals surface area contributed by atoms with Crippen molar-refractivity contribution in [1.82, 2.24) is 9.78 Å². The van der Waals surface area contributed by atoms with Crippen LogP contribution in [0.15, 0.2) is 42.5 Å². The van der Waals surface area contributed by atoms with E-state index in [0.29, 0.717) is 17.0 Å². The summed E-state index contributed by atoms with van der Waals surface area (Å²) in [5, 5.41) is 14.0. The normalized spacial score (nSPS) is 15.2. The monoisotopic (exact) mass is 527 g/mol. The van der Waals surface area contributed by atoms with Crippen LogP contribution in [0.4, 0.5) is 18.9 Å². The molecule has 9 nitrogen and oxygen atoms in total. The molecule has 0 saturated carbocycles. The van der Waals surface area contributed by atoms with Gasteiger partial charge in [0.15, 0.2) is 0 Å². The van der Waals surface area contributed by atoms with Gasteiger partial charge in [0.1, 0.15) is 29.8 Å². The number of alkyl halides is 3. The molecular formula is C26H24F3N5O4. The highest BCUT2D eigenvalue weighted by atomic mass is 19.4. The summed E-state index contributed by atoms with van der Waals surface area (Å²) in [7, 11) is 1.43. The van der Waals surface area contributed by atoms with Crippen molar-refractivity contribution in [3.05, 3.63) is 64.8 Å². The topological polar surface area (TPSA) is 123 Å². The number of halogens is 3. The van der Waals surface area contributed by atoms with Gasteiger partial charge in [0.2, 0.25) is 0 Å². The van der Waals surface area contributed by atoms with Crippen LogP contribution in [0.25, 0.3) is 11.3 Å². The van der Waals surface area contributed by atoms with E-state index in [1.54, 1.807) is 36.4 Å². The van der Waals surface area contributed by atoms with E-state index in [-0.39, 0.29) is 48.1 Å². The smallest absolute Gasteiger partial charge is 0.411 e. The molecule has 0 radical (unpaired) electrons. The van der Waals surface area contributed by atoms with Gasteiger partial charge >= 0.3 is 6.18 Å². The number of ether oxygens (including phenoxy) is 2. The second-order valence-corrected chi connectivity index (χ2v) is 8.75. The lowest BCUT2D eigenvalue weighted by Gasteiger charge is -2.34. The Balaban J connectivity index is 1.63. The Labute approximate surface area is 216 Å². The highest BCUT2D eigenvalue weighted by molar-refractivity contribution is 6.15. The van der Waals surface area contributed by atoms with Gasteiger partial charge in [-0.05, 0) is 49.2 Å². The van der Waals surface area contributed by atoms with Crippen molar-refractivity contribution in [3.63, 3.8) is 0 Å². The molecule has 1 atom stereocenters. The van der Waals surface area contributed by atoms with Crippen LogP contribution in [-0.4, -0.2) is 54.1 Å². The van der Waals surface area contributed by atoms with Crippen LogP contribution in [0.5, 0.6) is 5.75 Å². The quantitative estimate of drug-likeness (QED) is 0.446. The summed E-state index contributed by atoms with van der Waals surface area (Å²) in [4.78, 5) is 27.7. The number of carbonyl (C=O) groups excluding carboxylic acids is 2. The zero-order valence-corrected chi connectivity index (χ0v) is 20.6. The van der Waals surface area contributed by atoms with E-state index in [1.165, 1.54) is 22.8 Å². The molecule has 3 aromatic rings. The van der Waals surface area contributed by atoms with Gasteiger partial charge in [-0.15, -0.1) is 0 Å². The molecule has 0 bridgehead atoms. The number of nitrogens with two attached hydrogens (primary N) is 1. The maximum absolute atomic E-state index is 13.7. The van der Waals surface area contributed by atoms with Crippen molar-refractivity contribution in [2.75, 3.05) is 25.2 Å². The summed E-state index contributed by atoms with van der Waals surface area (Å²) in [6.07, 6.45) is -4.11. The first-order chi connectivity index (χ1) is 18.0. The molecule has 12 heteroatoms. The lowest BCUT2D eigenvalue weighted by atomic mass is 10.0. The zero-order valence-electron chi connectivity index (χ0n) is 20.6. The van der Waals surface area contributed by atoms with E-state index >= 15 is 0 Å². The fraction of sp³-hybridized carbons (Fsp3) is 0.308. The third-order valence-electron chi connectivity index (χ3n) is 6.11. The van der Waals surface area contributed by atoms with E-state index in [2.05, 4.69) is 9.84 Å². The number of carbonyl (C=O) groups is 2. The van der Waals surface area contributed by atoms with Crippen molar-refractivity contribution >= 4 is 17.5 Å². The molecule has 1 aliphatic heterocycles. The first-order valence-electron chi connectivity index (χ1n) is 11.6. The number of hydrogen-bond donors (Lipinski definition) is 1. The molecule has 38 heavy (non-hydrogen) atoms. The molecule has 1 aliphatic rings. The molecule has 0 aliphatic carbocycles. The third kappa shape index (κ3) is 5.33. The molecule has 4 rings (SSSR count). The minimum Gasteiger partial charge on any atom is -0.495 e. The number of rotatable bonds is 8. The minimum atomic E-state index is -4.38. The second kappa shape index (κ2) is 10.5. The number of methoxy groups -OCH3 is 1. The standard InChI is InChI=1S/C26H24F3N5O4/c1-15-13-33-23(21(24(31)35)22(32-33)17-5-8-20(37-2)18(11-17)12-30)25(36)34(15)19-6-3-16(4-7-19)9-10-38-14-26(27,28)29/h3-8,11,15H,9-10,13-14H2,1-2H3,(H2,31,35)/t15-/m0/s1. The number of aromatic nitrogens is 2. The number of nitriles is 1. The Bertz CT molecular complexity index is 1410. The van der Waals surface area contributed by atoms with Gasteiger partial charge in [0.25, 0.3) is 11.8 Å². The first kappa shape index (κ1) is 26.7. The van der Waals surface area contributed by atoms with Crippen LogP contribution in [0, 0.1) is 11.3 Å². The lowest BCUT2D eigenvalue weighted by molar-refractivity contribution is -0.173. The summed E-state index contributed by atoms with van der Waals surface area (Å²) in [5.41, 5.74) is 7.81. The molecule has 0 saturated heterocycles. The number of fused-ring (bicyclic) bond motifs is 1. The zero-order chi connectivity index (χ0) is 27.6. The number of anilines is 1. The Morgan fingerprint density at radius 3 is 2.55 bits per heavy atom. The summed E-state index contributed by atoms with van der Waals surface area (Å²) in [6.45, 7) is 0.694. The summed E-state index contributed by atoms with van der Waals surface area (Å²) < 4.78 is 48.0. The van der Waals surface area contributed by atoms with Crippen LogP contribution in [0.1, 0.15) is 38.9 Å². The molecule has 198 valence electrons. The highest BCUT2D eigenvalue weighted by Gasteiger charge is 2.38. The fourth-order valence-electron chi connectivity index (χ4n) is 4.41. The number of nitrogens with zero attached hydrogens (tertiary/aromatic N) is 4. The van der Waals surface area contributed by atoms with E-state index in [0.717, 1.165) is 5.56 Å². The van der Waals surface area contributed by atoms with Crippen molar-refractivity contribution in [2.45, 2.75) is 32.1 Å². The number of primary amides is 1. The largest absolute Gasteiger partial charge is 0.495 e. The molecule has 2 amide bonds. The molecule has 2 heterocycles. The van der Waals surface area contributed by atoms with Gasteiger partial charge in [0.05, 0.1) is 37.4 Å². The van der Waals surface area contributed by atoms with Crippen LogP contribution >= 0.6 is 0 Å². The van der Waals surface area contributed by atoms with Crippen LogP contribution < -0.4 is 15.4 Å². The summed E-state index contributed by atoms with van der Waals surface area (Å²) in [5.74, 6) is -0.966. The van der Waals surface area contributed by atoms with Crippen LogP contribution in [0.2, 0.25) is 0 Å². The van der Waals surface area contributed by atoms with Crippen LogP contribution in [0.3, 0.4) is 0 Å². The molecular weight excluding hydrogens is 503 g/mol.